The van der Waals surface area contributed by atoms with E-state index in [4.69, 9.17) is 4.74 Å². The summed E-state index contributed by atoms with van der Waals surface area (Å²) in [7, 11) is 1.49. The van der Waals surface area contributed by atoms with Crippen LogP contribution in [-0.4, -0.2) is 11.6 Å². The molecule has 1 aromatic heterocycles. The molecule has 0 aliphatic carbocycles. The first kappa shape index (κ1) is 10.7. The second kappa shape index (κ2) is 5.40. The van der Waals surface area contributed by atoms with Gasteiger partial charge in [-0.3, -0.25) is 4.98 Å². The highest BCUT2D eigenvalue weighted by Gasteiger charge is 2.10. The fourth-order valence-electron chi connectivity index (χ4n) is 1.04. The minimum atomic E-state index is 0.304. The van der Waals surface area contributed by atoms with Gasteiger partial charge in [-0.1, -0.05) is 10.8 Å². The largest absolute Gasteiger partial charge is 0.493 e. The molecule has 0 bridgehead atoms. The summed E-state index contributed by atoms with van der Waals surface area (Å²) in [5.41, 5.74) is 1.10. The number of aromatic nitrogens is 1. The van der Waals surface area contributed by atoms with Gasteiger partial charge in [-0.25, -0.2) is 0 Å². The minimum absolute atomic E-state index is 0.304. The molecule has 0 saturated heterocycles. The minimum Gasteiger partial charge on any atom is -0.493 e. The summed E-state index contributed by atoms with van der Waals surface area (Å²) in [5.74, 6) is 0.909. The van der Waals surface area contributed by atoms with Crippen molar-refractivity contribution in [1.29, 1.82) is 0 Å². The Hall–Kier alpha value is -0.350. The molecule has 1 rings (SSSR count). The third-order valence-corrected chi connectivity index (χ3v) is 3.22. The molecule has 0 radical (unpaired) electrons. The van der Waals surface area contributed by atoms with Crippen molar-refractivity contribution >= 4 is 22.5 Å². The summed E-state index contributed by atoms with van der Waals surface area (Å²) in [6.07, 6.45) is 3.57. The van der Waals surface area contributed by atoms with Crippen molar-refractivity contribution in [3.63, 3.8) is 0 Å². The first-order valence-electron chi connectivity index (χ1n) is 4.16. The average Bonchev–Trinajstić information content (AvgIpc) is 2.18. The molecule has 0 aliphatic heterocycles. The Balaban J connectivity index is 2.90. The van der Waals surface area contributed by atoms with E-state index in [-0.39, 0.29) is 0 Å². The van der Waals surface area contributed by atoms with Gasteiger partial charge in [0.15, 0.2) is 0 Å². The van der Waals surface area contributed by atoms with Crippen LogP contribution in [0.5, 0.6) is 5.75 Å². The molecule has 2 nitrogen and oxygen atoms in total. The second-order valence-electron chi connectivity index (χ2n) is 2.59. The normalized spacial score (nSPS) is 12.5. The molecule has 4 heteroatoms. The van der Waals surface area contributed by atoms with Crippen LogP contribution in [-0.2, 0) is 0 Å². The molecule has 0 aromatic carbocycles. The summed E-state index contributed by atoms with van der Waals surface area (Å²) in [6.45, 7) is 4.74. The molecule has 1 heterocycles. The predicted octanol–water partition coefficient (Wildman–Crippen LogP) is 3.12. The van der Waals surface area contributed by atoms with Gasteiger partial charge in [0.1, 0.15) is 5.75 Å². The molecule has 0 aliphatic rings. The van der Waals surface area contributed by atoms with Crippen molar-refractivity contribution in [3.8, 4) is 5.75 Å². The maximum atomic E-state index is 5.47. The lowest BCUT2D eigenvalue weighted by atomic mass is 10.2. The number of thiol groups is 1. The molecule has 0 fully saturated rings. The van der Waals surface area contributed by atoms with Gasteiger partial charge in [-0.15, -0.1) is 11.7 Å². The lowest BCUT2D eigenvalue weighted by Gasteiger charge is -2.12. The van der Waals surface area contributed by atoms with Crippen molar-refractivity contribution < 1.29 is 4.74 Å². The summed E-state index contributed by atoms with van der Waals surface area (Å²) in [4.78, 5) is 4.07. The van der Waals surface area contributed by atoms with E-state index in [0.717, 1.165) is 11.3 Å². The highest BCUT2D eigenvalue weighted by Crippen LogP contribution is 2.35. The average molecular weight is 215 g/mol. The molecular formula is C9H13NOS2. The summed E-state index contributed by atoms with van der Waals surface area (Å²) in [6, 6.07) is 1.89. The van der Waals surface area contributed by atoms with Crippen LogP contribution >= 0.6 is 22.5 Å². The van der Waals surface area contributed by atoms with Gasteiger partial charge in [0.05, 0.1) is 6.61 Å². The van der Waals surface area contributed by atoms with Crippen LogP contribution in [0.3, 0.4) is 0 Å². The van der Waals surface area contributed by atoms with Gasteiger partial charge in [-0.2, -0.15) is 0 Å². The quantitative estimate of drug-likeness (QED) is 0.616. The van der Waals surface area contributed by atoms with Crippen LogP contribution in [0, 0.1) is 0 Å². The molecule has 0 N–H and O–H groups in total. The van der Waals surface area contributed by atoms with Crippen molar-refractivity contribution in [2.45, 2.75) is 19.1 Å². The highest BCUT2D eigenvalue weighted by molar-refractivity contribution is 8.68. The Morgan fingerprint density at radius 3 is 3.08 bits per heavy atom. The second-order valence-corrected chi connectivity index (χ2v) is 4.14. The SMILES string of the molecule is CCOc1ccncc1C(C)SS. The molecule has 13 heavy (non-hydrogen) atoms. The van der Waals surface area contributed by atoms with Crippen LogP contribution in [0.4, 0.5) is 0 Å². The topological polar surface area (TPSA) is 22.1 Å². The van der Waals surface area contributed by atoms with E-state index in [1.807, 2.05) is 19.2 Å². The van der Waals surface area contributed by atoms with Crippen LogP contribution in [0.1, 0.15) is 24.7 Å². The fraction of sp³-hybridized carbons (Fsp3) is 0.444. The summed E-state index contributed by atoms with van der Waals surface area (Å²) >= 11 is 4.18. The number of pyridine rings is 1. The molecule has 0 spiro atoms. The lowest BCUT2D eigenvalue weighted by molar-refractivity contribution is 0.336. The third kappa shape index (κ3) is 2.81. The zero-order chi connectivity index (χ0) is 9.68. The zero-order valence-corrected chi connectivity index (χ0v) is 9.44. The van der Waals surface area contributed by atoms with E-state index in [2.05, 4.69) is 23.6 Å². The van der Waals surface area contributed by atoms with Gasteiger partial charge in [0, 0.05) is 23.2 Å². The van der Waals surface area contributed by atoms with E-state index >= 15 is 0 Å². The van der Waals surface area contributed by atoms with Crippen LogP contribution in [0.15, 0.2) is 18.5 Å². The molecule has 1 aromatic rings. The molecular weight excluding hydrogens is 202 g/mol. The molecule has 1 unspecified atom stereocenters. The van der Waals surface area contributed by atoms with Crippen molar-refractivity contribution in [2.75, 3.05) is 6.61 Å². The number of hydrogen-bond acceptors (Lipinski definition) is 4. The maximum Gasteiger partial charge on any atom is 0.126 e. The maximum absolute atomic E-state index is 5.47. The van der Waals surface area contributed by atoms with E-state index in [9.17, 15) is 0 Å². The van der Waals surface area contributed by atoms with Crippen LogP contribution < -0.4 is 4.74 Å². The first-order valence-corrected chi connectivity index (χ1v) is 6.09. The van der Waals surface area contributed by atoms with E-state index in [0.29, 0.717) is 11.9 Å². The zero-order valence-electron chi connectivity index (χ0n) is 7.73. The molecule has 72 valence electrons. The van der Waals surface area contributed by atoms with Gasteiger partial charge in [0.25, 0.3) is 0 Å². The summed E-state index contributed by atoms with van der Waals surface area (Å²) in [5, 5.41) is 0.304. The third-order valence-electron chi connectivity index (χ3n) is 1.71. The number of ether oxygens (including phenoxy) is 1. The van der Waals surface area contributed by atoms with Crippen LogP contribution in [0.2, 0.25) is 0 Å². The highest BCUT2D eigenvalue weighted by atomic mass is 33.1. The Labute approximate surface area is 87.9 Å². The predicted molar refractivity (Wildman–Crippen MR) is 60.4 cm³/mol. The van der Waals surface area contributed by atoms with Gasteiger partial charge in [0.2, 0.25) is 0 Å². The Morgan fingerprint density at radius 2 is 2.46 bits per heavy atom. The van der Waals surface area contributed by atoms with E-state index in [1.54, 1.807) is 6.20 Å². The van der Waals surface area contributed by atoms with Crippen molar-refractivity contribution in [1.82, 2.24) is 4.98 Å². The Morgan fingerprint density at radius 1 is 1.69 bits per heavy atom. The van der Waals surface area contributed by atoms with E-state index in [1.165, 1.54) is 10.8 Å². The van der Waals surface area contributed by atoms with Gasteiger partial charge >= 0.3 is 0 Å². The van der Waals surface area contributed by atoms with Gasteiger partial charge < -0.3 is 4.74 Å². The first-order chi connectivity index (χ1) is 6.29. The number of rotatable bonds is 4. The fourth-order valence-corrected chi connectivity index (χ4v) is 1.67. The molecule has 0 saturated carbocycles. The smallest absolute Gasteiger partial charge is 0.126 e. The van der Waals surface area contributed by atoms with Gasteiger partial charge in [-0.05, 0) is 19.9 Å². The molecule has 1 atom stereocenters. The monoisotopic (exact) mass is 215 g/mol. The molecule has 0 amide bonds. The lowest BCUT2D eigenvalue weighted by Crippen LogP contribution is -1.98. The standard InChI is InChI=1S/C9H13NOS2/c1-3-11-9-4-5-10-6-8(9)7(2)13-12/h4-7,12H,3H2,1-2H3. The van der Waals surface area contributed by atoms with Crippen molar-refractivity contribution in [3.05, 3.63) is 24.0 Å². The number of hydrogen-bond donors (Lipinski definition) is 1. The van der Waals surface area contributed by atoms with Crippen molar-refractivity contribution in [2.24, 2.45) is 0 Å². The summed E-state index contributed by atoms with van der Waals surface area (Å²) < 4.78 is 5.47. The van der Waals surface area contributed by atoms with Crippen LogP contribution in [0.25, 0.3) is 0 Å². The Bertz CT molecular complexity index is 268. The number of nitrogens with zero attached hydrogens (tertiary/aromatic N) is 1. The van der Waals surface area contributed by atoms with E-state index < -0.39 is 0 Å². The Kier molecular flexibility index (Phi) is 4.45.